The first-order chi connectivity index (χ1) is 13.2. The van der Waals surface area contributed by atoms with E-state index >= 15 is 0 Å². The first-order valence-corrected chi connectivity index (χ1v) is 8.94. The van der Waals surface area contributed by atoms with Crippen LogP contribution in [0.1, 0.15) is 17.9 Å². The van der Waals surface area contributed by atoms with Gasteiger partial charge in [0.25, 0.3) is 0 Å². The molecule has 0 radical (unpaired) electrons. The molecule has 1 saturated carbocycles. The maximum atomic E-state index is 13.1. The van der Waals surface area contributed by atoms with Crippen LogP contribution in [-0.4, -0.2) is 22.1 Å². The quantitative estimate of drug-likeness (QED) is 0.692. The van der Waals surface area contributed by atoms with E-state index < -0.39 is 0 Å². The number of hydrogen-bond acceptors (Lipinski definition) is 3. The number of amides is 1. The molecule has 0 spiro atoms. The number of rotatable bonds is 7. The third kappa shape index (κ3) is 4.16. The van der Waals surface area contributed by atoms with E-state index in [9.17, 15) is 9.18 Å². The summed E-state index contributed by atoms with van der Waals surface area (Å²) < 4.78 is 20.8. The van der Waals surface area contributed by atoms with Crippen LogP contribution in [0, 0.1) is 11.7 Å². The van der Waals surface area contributed by atoms with Crippen molar-refractivity contribution < 1.29 is 13.9 Å². The van der Waals surface area contributed by atoms with Crippen LogP contribution >= 0.6 is 0 Å². The molecule has 0 aliphatic heterocycles. The minimum atomic E-state index is -0.262. The highest BCUT2D eigenvalue weighted by atomic mass is 19.1. The number of anilines is 1. The van der Waals surface area contributed by atoms with Crippen LogP contribution in [0.3, 0.4) is 0 Å². The van der Waals surface area contributed by atoms with Crippen LogP contribution in [0.5, 0.6) is 5.75 Å². The van der Waals surface area contributed by atoms with Crippen molar-refractivity contribution in [3.63, 3.8) is 0 Å². The molecular formula is C21H20FN3O2. The van der Waals surface area contributed by atoms with E-state index in [0.717, 1.165) is 12.0 Å². The summed E-state index contributed by atoms with van der Waals surface area (Å²) in [5.74, 6) is 0.413. The van der Waals surface area contributed by atoms with Crippen LogP contribution in [-0.2, 0) is 11.3 Å². The number of nitrogens with one attached hydrogen (secondary N) is 1. The van der Waals surface area contributed by atoms with Gasteiger partial charge in [-0.25, -0.2) is 9.37 Å². The second kappa shape index (κ2) is 7.61. The fraction of sp³-hybridized carbons (Fsp3) is 0.238. The molecule has 1 fully saturated rings. The first kappa shape index (κ1) is 17.3. The number of aromatic nitrogens is 2. The lowest BCUT2D eigenvalue weighted by atomic mass is 10.1. The molecule has 27 heavy (non-hydrogen) atoms. The van der Waals surface area contributed by atoms with E-state index in [4.69, 9.17) is 4.74 Å². The van der Waals surface area contributed by atoms with Crippen LogP contribution < -0.4 is 10.1 Å². The summed E-state index contributed by atoms with van der Waals surface area (Å²) in [5.41, 5.74) is 1.67. The minimum Gasteiger partial charge on any atom is -0.490 e. The predicted molar refractivity (Wildman–Crippen MR) is 100 cm³/mol. The van der Waals surface area contributed by atoms with Crippen LogP contribution in [0.2, 0.25) is 0 Å². The number of carbonyl (C=O) groups excluding carboxylic acids is 1. The minimum absolute atomic E-state index is 0.0324. The van der Waals surface area contributed by atoms with Crippen molar-refractivity contribution >= 4 is 11.6 Å². The molecule has 4 rings (SSSR count). The summed E-state index contributed by atoms with van der Waals surface area (Å²) in [6, 6.07) is 13.8. The maximum absolute atomic E-state index is 13.1. The van der Waals surface area contributed by atoms with Gasteiger partial charge in [0, 0.05) is 18.3 Å². The van der Waals surface area contributed by atoms with Crippen molar-refractivity contribution in [1.82, 2.24) is 9.55 Å². The monoisotopic (exact) mass is 365 g/mol. The topological polar surface area (TPSA) is 56.1 Å². The molecule has 1 N–H and O–H groups in total. The highest BCUT2D eigenvalue weighted by molar-refractivity contribution is 5.96. The lowest BCUT2D eigenvalue weighted by Crippen LogP contribution is -2.16. The maximum Gasteiger partial charge on any atom is 0.228 e. The second-order valence-corrected chi connectivity index (χ2v) is 6.63. The molecule has 1 heterocycles. The van der Waals surface area contributed by atoms with E-state index in [1.165, 1.54) is 12.1 Å². The molecule has 1 aliphatic carbocycles. The highest BCUT2D eigenvalue weighted by Crippen LogP contribution is 2.48. The van der Waals surface area contributed by atoms with Crippen LogP contribution in [0.15, 0.2) is 67.3 Å². The number of nitrogens with zero attached hydrogens (tertiary/aromatic N) is 2. The Kier molecular flexibility index (Phi) is 4.87. The molecule has 2 unspecified atom stereocenters. The molecule has 1 amide bonds. The van der Waals surface area contributed by atoms with Gasteiger partial charge in [0.1, 0.15) is 18.2 Å². The standard InChI is InChI=1S/C21H20FN3O2/c22-16-7-5-15(6-8-16)17-13-18(17)21(26)24-19-3-1-2-4-20(19)27-12-11-25-10-9-23-14-25/h1-10,14,17-18H,11-13H2,(H,24,26). The van der Waals surface area contributed by atoms with Gasteiger partial charge < -0.3 is 14.6 Å². The largest absolute Gasteiger partial charge is 0.490 e. The smallest absolute Gasteiger partial charge is 0.228 e. The molecule has 3 aromatic rings. The Bertz CT molecular complexity index is 909. The van der Waals surface area contributed by atoms with E-state index in [-0.39, 0.29) is 23.6 Å². The van der Waals surface area contributed by atoms with Crippen LogP contribution in [0.25, 0.3) is 0 Å². The fourth-order valence-electron chi connectivity index (χ4n) is 3.16. The van der Waals surface area contributed by atoms with Gasteiger partial charge in [-0.1, -0.05) is 24.3 Å². The van der Waals surface area contributed by atoms with Gasteiger partial charge >= 0.3 is 0 Å². The average molecular weight is 365 g/mol. The lowest BCUT2D eigenvalue weighted by molar-refractivity contribution is -0.117. The zero-order valence-corrected chi connectivity index (χ0v) is 14.7. The van der Waals surface area contributed by atoms with Crippen molar-refractivity contribution in [2.45, 2.75) is 18.9 Å². The SMILES string of the molecule is O=C(Nc1ccccc1OCCn1ccnc1)C1CC1c1ccc(F)cc1. The van der Waals surface area contributed by atoms with E-state index in [1.807, 2.05) is 35.0 Å². The van der Waals surface area contributed by atoms with Gasteiger partial charge in [-0.2, -0.15) is 0 Å². The third-order valence-electron chi connectivity index (χ3n) is 4.74. The number of imidazole rings is 1. The molecule has 6 heteroatoms. The Morgan fingerprint density at radius 3 is 2.81 bits per heavy atom. The first-order valence-electron chi connectivity index (χ1n) is 8.94. The normalized spacial score (nSPS) is 18.1. The number of hydrogen-bond donors (Lipinski definition) is 1. The summed E-state index contributed by atoms with van der Waals surface area (Å²) in [6.07, 6.45) is 6.11. The molecule has 5 nitrogen and oxygen atoms in total. The molecule has 1 aromatic heterocycles. The van der Waals surface area contributed by atoms with E-state index in [1.54, 1.807) is 24.7 Å². The van der Waals surface area contributed by atoms with Crippen molar-refractivity contribution in [2.75, 3.05) is 11.9 Å². The molecule has 2 aromatic carbocycles. The Labute approximate surface area is 156 Å². The number of benzene rings is 2. The zero-order valence-electron chi connectivity index (χ0n) is 14.7. The Hall–Kier alpha value is -3.15. The summed E-state index contributed by atoms with van der Waals surface area (Å²) in [5, 5.41) is 2.97. The molecule has 1 aliphatic rings. The van der Waals surface area contributed by atoms with Gasteiger partial charge in [-0.3, -0.25) is 4.79 Å². The molecular weight excluding hydrogens is 345 g/mol. The summed E-state index contributed by atoms with van der Waals surface area (Å²) in [6.45, 7) is 1.16. The fourth-order valence-corrected chi connectivity index (χ4v) is 3.16. The van der Waals surface area contributed by atoms with Gasteiger partial charge in [-0.15, -0.1) is 0 Å². The van der Waals surface area contributed by atoms with Crippen molar-refractivity contribution in [3.8, 4) is 5.75 Å². The van der Waals surface area contributed by atoms with E-state index in [0.29, 0.717) is 24.6 Å². The summed E-state index contributed by atoms with van der Waals surface area (Å²) in [4.78, 5) is 16.6. The van der Waals surface area contributed by atoms with Gasteiger partial charge in [0.05, 0.1) is 18.6 Å². The highest BCUT2D eigenvalue weighted by Gasteiger charge is 2.44. The Morgan fingerprint density at radius 1 is 1.22 bits per heavy atom. The number of ether oxygens (including phenoxy) is 1. The van der Waals surface area contributed by atoms with Gasteiger partial charge in [0.2, 0.25) is 5.91 Å². The van der Waals surface area contributed by atoms with Crippen LogP contribution in [0.4, 0.5) is 10.1 Å². The Morgan fingerprint density at radius 2 is 2.04 bits per heavy atom. The molecule has 0 saturated heterocycles. The van der Waals surface area contributed by atoms with Crippen molar-refractivity contribution in [1.29, 1.82) is 0 Å². The van der Waals surface area contributed by atoms with Crippen molar-refractivity contribution in [3.05, 3.63) is 78.6 Å². The number of carbonyl (C=O) groups is 1. The molecule has 0 bridgehead atoms. The summed E-state index contributed by atoms with van der Waals surface area (Å²) in [7, 11) is 0. The lowest BCUT2D eigenvalue weighted by Gasteiger charge is -2.13. The Balaban J connectivity index is 1.35. The zero-order chi connectivity index (χ0) is 18.6. The second-order valence-electron chi connectivity index (χ2n) is 6.63. The average Bonchev–Trinajstić information content (AvgIpc) is 3.31. The van der Waals surface area contributed by atoms with Crippen molar-refractivity contribution in [2.24, 2.45) is 5.92 Å². The van der Waals surface area contributed by atoms with Gasteiger partial charge in [0.15, 0.2) is 0 Å². The number of halogens is 1. The predicted octanol–water partition coefficient (Wildman–Crippen LogP) is 3.84. The summed E-state index contributed by atoms with van der Waals surface area (Å²) >= 11 is 0. The molecule has 138 valence electrons. The number of para-hydroxylation sites is 2. The third-order valence-corrected chi connectivity index (χ3v) is 4.74. The van der Waals surface area contributed by atoms with Gasteiger partial charge in [-0.05, 0) is 42.2 Å². The molecule has 2 atom stereocenters. The van der Waals surface area contributed by atoms with E-state index in [2.05, 4.69) is 10.3 Å².